The normalized spacial score (nSPS) is 19.9. The number of urea groups is 1. The molecule has 2 amide bonds. The molecule has 2 aliphatic rings. The lowest BCUT2D eigenvalue weighted by Gasteiger charge is -2.30. The van der Waals surface area contributed by atoms with Crippen molar-refractivity contribution in [1.82, 2.24) is 4.90 Å². The van der Waals surface area contributed by atoms with E-state index in [1.807, 2.05) is 24.3 Å². The van der Waals surface area contributed by atoms with Crippen LogP contribution in [-0.2, 0) is 9.53 Å². The maximum absolute atomic E-state index is 12.5. The van der Waals surface area contributed by atoms with Crippen molar-refractivity contribution in [3.8, 4) is 5.75 Å². The molecule has 1 atom stereocenters. The summed E-state index contributed by atoms with van der Waals surface area (Å²) in [6.45, 7) is 3.58. The standard InChI is InChI=1S/C15H18N2O4/c1-2-20-14(18)7-8-16-9-11-10-21-13-6-4-3-5-12(13)17(11)15(16)19/h3-6,11H,2,7-10H2,1H3. The van der Waals surface area contributed by atoms with Crippen molar-refractivity contribution < 1.29 is 19.1 Å². The molecule has 6 nitrogen and oxygen atoms in total. The zero-order chi connectivity index (χ0) is 14.8. The zero-order valence-electron chi connectivity index (χ0n) is 11.9. The van der Waals surface area contributed by atoms with E-state index >= 15 is 0 Å². The van der Waals surface area contributed by atoms with Crippen molar-refractivity contribution in [3.05, 3.63) is 24.3 Å². The van der Waals surface area contributed by atoms with Crippen LogP contribution >= 0.6 is 0 Å². The Balaban J connectivity index is 1.70. The first-order valence-corrected chi connectivity index (χ1v) is 7.16. The Morgan fingerprint density at radius 3 is 3.05 bits per heavy atom. The van der Waals surface area contributed by atoms with Crippen LogP contribution in [0, 0.1) is 0 Å². The second kappa shape index (κ2) is 5.63. The molecule has 0 bridgehead atoms. The van der Waals surface area contributed by atoms with Crippen LogP contribution in [0.4, 0.5) is 10.5 Å². The third-order valence-corrected chi connectivity index (χ3v) is 3.72. The van der Waals surface area contributed by atoms with Crippen LogP contribution in [-0.4, -0.2) is 49.2 Å². The molecule has 0 N–H and O–H groups in total. The molecule has 0 radical (unpaired) electrons. The molecule has 21 heavy (non-hydrogen) atoms. The Bertz CT molecular complexity index is 560. The smallest absolute Gasteiger partial charge is 0.325 e. The number of hydrogen-bond donors (Lipinski definition) is 0. The van der Waals surface area contributed by atoms with E-state index in [4.69, 9.17) is 9.47 Å². The van der Waals surface area contributed by atoms with Crippen molar-refractivity contribution in [2.75, 3.05) is 31.2 Å². The minimum atomic E-state index is -0.271. The summed E-state index contributed by atoms with van der Waals surface area (Å²) in [5.41, 5.74) is 0.803. The van der Waals surface area contributed by atoms with E-state index in [-0.39, 0.29) is 24.5 Å². The summed E-state index contributed by atoms with van der Waals surface area (Å²) in [5.74, 6) is 0.459. The summed E-state index contributed by atoms with van der Waals surface area (Å²) >= 11 is 0. The van der Waals surface area contributed by atoms with Gasteiger partial charge in [-0.3, -0.25) is 9.69 Å². The van der Waals surface area contributed by atoms with Gasteiger partial charge in [-0.2, -0.15) is 0 Å². The first-order valence-electron chi connectivity index (χ1n) is 7.16. The topological polar surface area (TPSA) is 59.1 Å². The highest BCUT2D eigenvalue weighted by atomic mass is 16.5. The second-order valence-corrected chi connectivity index (χ2v) is 5.09. The molecule has 0 spiro atoms. The number of anilines is 1. The van der Waals surface area contributed by atoms with E-state index in [1.54, 1.807) is 16.7 Å². The molecule has 112 valence electrons. The molecule has 2 heterocycles. The van der Waals surface area contributed by atoms with Gasteiger partial charge in [0.25, 0.3) is 0 Å². The van der Waals surface area contributed by atoms with Gasteiger partial charge in [0.05, 0.1) is 24.8 Å². The number of amides is 2. The van der Waals surface area contributed by atoms with Gasteiger partial charge in [-0.15, -0.1) is 0 Å². The van der Waals surface area contributed by atoms with Crippen LogP contribution in [0.5, 0.6) is 5.75 Å². The maximum atomic E-state index is 12.5. The van der Waals surface area contributed by atoms with Crippen molar-refractivity contribution in [2.24, 2.45) is 0 Å². The Morgan fingerprint density at radius 2 is 2.24 bits per heavy atom. The molecule has 6 heteroatoms. The van der Waals surface area contributed by atoms with Crippen molar-refractivity contribution in [2.45, 2.75) is 19.4 Å². The molecule has 1 aromatic rings. The Kier molecular flexibility index (Phi) is 3.68. The van der Waals surface area contributed by atoms with Gasteiger partial charge in [0.1, 0.15) is 12.4 Å². The zero-order valence-corrected chi connectivity index (χ0v) is 11.9. The number of carbonyl (C=O) groups excluding carboxylic acids is 2. The SMILES string of the molecule is CCOC(=O)CCN1CC2COc3ccccc3N2C1=O. The van der Waals surface area contributed by atoms with Gasteiger partial charge < -0.3 is 14.4 Å². The molecule has 0 aliphatic carbocycles. The second-order valence-electron chi connectivity index (χ2n) is 5.09. The summed E-state index contributed by atoms with van der Waals surface area (Å²) in [7, 11) is 0. The number of benzene rings is 1. The molecule has 0 saturated carbocycles. The number of hydrogen-bond acceptors (Lipinski definition) is 4. The molecule has 0 aromatic heterocycles. The van der Waals surface area contributed by atoms with Crippen molar-refractivity contribution in [1.29, 1.82) is 0 Å². The number of esters is 1. The summed E-state index contributed by atoms with van der Waals surface area (Å²) in [5, 5.41) is 0. The summed E-state index contributed by atoms with van der Waals surface area (Å²) < 4.78 is 10.6. The highest BCUT2D eigenvalue weighted by Crippen LogP contribution is 2.37. The number of rotatable bonds is 4. The predicted molar refractivity (Wildman–Crippen MR) is 76.4 cm³/mol. The number of fused-ring (bicyclic) bond motifs is 3. The number of nitrogens with zero attached hydrogens (tertiary/aromatic N) is 2. The summed E-state index contributed by atoms with van der Waals surface area (Å²) in [4.78, 5) is 27.4. The van der Waals surface area contributed by atoms with Crippen LogP contribution in [0.3, 0.4) is 0 Å². The van der Waals surface area contributed by atoms with Crippen LogP contribution in [0.2, 0.25) is 0 Å². The highest BCUT2D eigenvalue weighted by molar-refractivity contribution is 5.97. The van der Waals surface area contributed by atoms with E-state index in [9.17, 15) is 9.59 Å². The third-order valence-electron chi connectivity index (χ3n) is 3.72. The Labute approximate surface area is 123 Å². The first kappa shape index (κ1) is 13.7. The van der Waals surface area contributed by atoms with Crippen LogP contribution in [0.1, 0.15) is 13.3 Å². The van der Waals surface area contributed by atoms with Gasteiger partial charge in [-0.1, -0.05) is 12.1 Å². The molecule has 2 aliphatic heterocycles. The average Bonchev–Trinajstić information content (AvgIpc) is 2.82. The van der Waals surface area contributed by atoms with Gasteiger partial charge in [0.15, 0.2) is 0 Å². The lowest BCUT2D eigenvalue weighted by atomic mass is 10.2. The number of ether oxygens (including phenoxy) is 2. The summed E-state index contributed by atoms with van der Waals surface area (Å²) in [6.07, 6.45) is 0.225. The highest BCUT2D eigenvalue weighted by Gasteiger charge is 2.42. The molecular weight excluding hydrogens is 272 g/mol. The van der Waals surface area contributed by atoms with Crippen molar-refractivity contribution in [3.63, 3.8) is 0 Å². The minimum absolute atomic E-state index is 0.00888. The van der Waals surface area contributed by atoms with E-state index < -0.39 is 0 Å². The lowest BCUT2D eigenvalue weighted by Crippen LogP contribution is -2.41. The molecular formula is C15H18N2O4. The Hall–Kier alpha value is -2.24. The van der Waals surface area contributed by atoms with Crippen LogP contribution in [0.25, 0.3) is 0 Å². The monoisotopic (exact) mass is 290 g/mol. The van der Waals surface area contributed by atoms with Gasteiger partial charge in [-0.05, 0) is 19.1 Å². The fraction of sp³-hybridized carbons (Fsp3) is 0.467. The first-order chi connectivity index (χ1) is 10.2. The van der Waals surface area contributed by atoms with E-state index in [1.165, 1.54) is 0 Å². The molecule has 1 aromatic carbocycles. The third kappa shape index (κ3) is 2.53. The van der Waals surface area contributed by atoms with E-state index in [2.05, 4.69) is 0 Å². The van der Waals surface area contributed by atoms with Crippen LogP contribution < -0.4 is 9.64 Å². The molecule has 1 fully saturated rings. The fourth-order valence-electron chi connectivity index (χ4n) is 2.76. The average molecular weight is 290 g/mol. The van der Waals surface area contributed by atoms with Gasteiger partial charge in [-0.25, -0.2) is 4.79 Å². The van der Waals surface area contributed by atoms with Gasteiger partial charge in [0.2, 0.25) is 0 Å². The largest absolute Gasteiger partial charge is 0.489 e. The minimum Gasteiger partial charge on any atom is -0.489 e. The molecule has 1 unspecified atom stereocenters. The predicted octanol–water partition coefficient (Wildman–Crippen LogP) is 1.64. The fourth-order valence-corrected chi connectivity index (χ4v) is 2.76. The van der Waals surface area contributed by atoms with Crippen molar-refractivity contribution >= 4 is 17.7 Å². The quantitative estimate of drug-likeness (QED) is 0.791. The van der Waals surface area contributed by atoms with E-state index in [0.717, 1.165) is 11.4 Å². The molecule has 1 saturated heterocycles. The summed E-state index contributed by atoms with van der Waals surface area (Å²) in [6, 6.07) is 7.46. The van der Waals surface area contributed by atoms with E-state index in [0.29, 0.717) is 26.3 Å². The number of para-hydroxylation sites is 2. The van der Waals surface area contributed by atoms with Gasteiger partial charge >= 0.3 is 12.0 Å². The van der Waals surface area contributed by atoms with Crippen LogP contribution in [0.15, 0.2) is 24.3 Å². The lowest BCUT2D eigenvalue weighted by molar-refractivity contribution is -0.143. The molecule has 3 rings (SSSR count). The Morgan fingerprint density at radius 1 is 1.43 bits per heavy atom. The number of carbonyl (C=O) groups is 2. The van der Waals surface area contributed by atoms with Gasteiger partial charge in [0, 0.05) is 13.1 Å². The maximum Gasteiger partial charge on any atom is 0.325 e.